The number of hydrogen-bond donors (Lipinski definition) is 0. The summed E-state index contributed by atoms with van der Waals surface area (Å²) in [6.45, 7) is 1.80. The number of aryl methyl sites for hydroxylation is 1. The number of aromatic nitrogens is 1. The molecule has 0 spiro atoms. The Labute approximate surface area is 69.9 Å². The highest BCUT2D eigenvalue weighted by Gasteiger charge is 2.00. The molecule has 1 aromatic carbocycles. The molecule has 1 radical (unpaired) electrons. The fraction of sp³-hybridized carbons (Fsp3) is 0.100. The maximum absolute atomic E-state index is 13.1. The Bertz CT molecular complexity index is 423. The van der Waals surface area contributed by atoms with Gasteiger partial charge in [-0.1, -0.05) is 12.1 Å². The second-order valence-corrected chi connectivity index (χ2v) is 2.66. The lowest BCUT2D eigenvalue weighted by Crippen LogP contribution is -1.86. The fourth-order valence-corrected chi connectivity index (χ4v) is 1.15. The molecular weight excluding hydrogens is 153 g/mol. The van der Waals surface area contributed by atoms with E-state index in [1.807, 2.05) is 6.07 Å². The summed E-state index contributed by atoms with van der Waals surface area (Å²) in [7, 11) is 0. The van der Waals surface area contributed by atoms with E-state index in [1.54, 1.807) is 19.1 Å². The Kier molecular flexibility index (Phi) is 1.54. The van der Waals surface area contributed by atoms with Crippen LogP contribution in [0.5, 0.6) is 0 Å². The first-order chi connectivity index (χ1) is 5.77. The zero-order valence-electron chi connectivity index (χ0n) is 6.63. The number of rotatable bonds is 0. The highest BCUT2D eigenvalue weighted by atomic mass is 19.1. The molecule has 1 heterocycles. The van der Waals surface area contributed by atoms with Crippen LogP contribution in [-0.4, -0.2) is 4.98 Å². The molecule has 0 saturated carbocycles. The molecule has 0 unspecified atom stereocenters. The van der Waals surface area contributed by atoms with E-state index in [2.05, 4.69) is 11.1 Å². The molecule has 0 fully saturated rings. The van der Waals surface area contributed by atoms with Crippen molar-refractivity contribution in [1.82, 2.24) is 4.98 Å². The third-order valence-corrected chi connectivity index (χ3v) is 1.73. The molecule has 2 heteroatoms. The highest BCUT2D eigenvalue weighted by molar-refractivity contribution is 5.78. The van der Waals surface area contributed by atoms with Crippen LogP contribution >= 0.6 is 0 Å². The number of benzene rings is 1. The van der Waals surface area contributed by atoms with Crippen LogP contribution in [0, 0.1) is 18.8 Å². The lowest BCUT2D eigenvalue weighted by molar-refractivity contribution is 0.636. The van der Waals surface area contributed by atoms with E-state index >= 15 is 0 Å². The summed E-state index contributed by atoms with van der Waals surface area (Å²) >= 11 is 0. The van der Waals surface area contributed by atoms with Crippen molar-refractivity contribution >= 4 is 10.9 Å². The second-order valence-electron chi connectivity index (χ2n) is 2.66. The lowest BCUT2D eigenvalue weighted by atomic mass is 10.2. The molecule has 0 aliphatic rings. The minimum atomic E-state index is -0.274. The minimum Gasteiger partial charge on any atom is -0.249 e. The van der Waals surface area contributed by atoms with Gasteiger partial charge in [-0.3, -0.25) is 0 Å². The summed E-state index contributed by atoms with van der Waals surface area (Å²) in [5.41, 5.74) is 1.14. The molecule has 0 saturated heterocycles. The minimum absolute atomic E-state index is 0.274. The van der Waals surface area contributed by atoms with Crippen LogP contribution in [0.25, 0.3) is 10.9 Å². The van der Waals surface area contributed by atoms with Gasteiger partial charge in [-0.15, -0.1) is 0 Å². The predicted octanol–water partition coefficient (Wildman–Crippen LogP) is 2.48. The summed E-state index contributed by atoms with van der Waals surface area (Å²) in [4.78, 5) is 4.04. The van der Waals surface area contributed by atoms with E-state index in [9.17, 15) is 4.39 Å². The highest BCUT2D eigenvalue weighted by Crippen LogP contribution is 2.14. The summed E-state index contributed by atoms with van der Waals surface area (Å²) in [6.07, 6.45) is 0. The maximum atomic E-state index is 13.1. The molecule has 2 rings (SSSR count). The van der Waals surface area contributed by atoms with Crippen molar-refractivity contribution in [3.63, 3.8) is 0 Å². The van der Waals surface area contributed by atoms with Crippen molar-refractivity contribution in [1.29, 1.82) is 0 Å². The first-order valence-corrected chi connectivity index (χ1v) is 3.71. The zero-order valence-corrected chi connectivity index (χ0v) is 6.63. The largest absolute Gasteiger partial charge is 0.249 e. The predicted molar refractivity (Wildman–Crippen MR) is 45.3 cm³/mol. The molecule has 0 amide bonds. The molecule has 2 aromatic rings. The van der Waals surface area contributed by atoms with Crippen LogP contribution in [-0.2, 0) is 0 Å². The first kappa shape index (κ1) is 7.22. The van der Waals surface area contributed by atoms with Crippen LogP contribution in [0.1, 0.15) is 5.69 Å². The van der Waals surface area contributed by atoms with Gasteiger partial charge in [-0.25, -0.2) is 9.37 Å². The third-order valence-electron chi connectivity index (χ3n) is 1.73. The molecule has 12 heavy (non-hydrogen) atoms. The molecule has 1 nitrogen and oxygen atoms in total. The van der Waals surface area contributed by atoms with Gasteiger partial charge >= 0.3 is 0 Å². The molecule has 0 aliphatic heterocycles. The van der Waals surface area contributed by atoms with Crippen LogP contribution in [0.3, 0.4) is 0 Å². The molecular formula is C10H7FN. The van der Waals surface area contributed by atoms with E-state index in [0.29, 0.717) is 11.2 Å². The van der Waals surface area contributed by atoms with E-state index in [4.69, 9.17) is 0 Å². The number of fused-ring (bicyclic) bond motifs is 1. The van der Waals surface area contributed by atoms with Gasteiger partial charge in [-0.05, 0) is 19.1 Å². The summed E-state index contributed by atoms with van der Waals surface area (Å²) in [5.74, 6) is -0.274. The molecule has 0 atom stereocenters. The van der Waals surface area contributed by atoms with Crippen molar-refractivity contribution < 1.29 is 4.39 Å². The number of hydrogen-bond acceptors (Lipinski definition) is 1. The van der Waals surface area contributed by atoms with Gasteiger partial charge in [0.2, 0.25) is 0 Å². The smallest absolute Gasteiger partial charge is 0.149 e. The molecule has 0 bridgehead atoms. The topological polar surface area (TPSA) is 12.9 Å². The van der Waals surface area contributed by atoms with Gasteiger partial charge < -0.3 is 0 Å². The van der Waals surface area contributed by atoms with Crippen molar-refractivity contribution in [3.05, 3.63) is 41.8 Å². The molecule has 1 aromatic heterocycles. The summed E-state index contributed by atoms with van der Waals surface area (Å²) in [5, 5.41) is 0.792. The second kappa shape index (κ2) is 2.55. The van der Waals surface area contributed by atoms with Crippen molar-refractivity contribution in [2.45, 2.75) is 6.92 Å². The van der Waals surface area contributed by atoms with Crippen LogP contribution in [0.15, 0.2) is 24.3 Å². The van der Waals surface area contributed by atoms with Crippen LogP contribution in [0.4, 0.5) is 4.39 Å². The van der Waals surface area contributed by atoms with Gasteiger partial charge in [-0.2, -0.15) is 0 Å². The standard InChI is InChI=1S/C10H7FN/c1-7-5-6-8-3-2-4-9(11)10(8)12-7/h2-4,6H,1H3. The van der Waals surface area contributed by atoms with Crippen molar-refractivity contribution in [2.75, 3.05) is 0 Å². The van der Waals surface area contributed by atoms with Gasteiger partial charge in [0.1, 0.15) is 11.3 Å². The number of para-hydroxylation sites is 1. The monoisotopic (exact) mass is 160 g/mol. The van der Waals surface area contributed by atoms with Crippen molar-refractivity contribution in [2.24, 2.45) is 0 Å². The van der Waals surface area contributed by atoms with Gasteiger partial charge in [0.15, 0.2) is 0 Å². The van der Waals surface area contributed by atoms with E-state index < -0.39 is 0 Å². The van der Waals surface area contributed by atoms with E-state index in [-0.39, 0.29) is 5.82 Å². The molecule has 59 valence electrons. The quantitative estimate of drug-likeness (QED) is 0.577. The van der Waals surface area contributed by atoms with Gasteiger partial charge in [0, 0.05) is 17.1 Å². The summed E-state index contributed by atoms with van der Waals surface area (Å²) in [6, 6.07) is 9.58. The Morgan fingerprint density at radius 2 is 2.25 bits per heavy atom. The Morgan fingerprint density at radius 3 is 3.08 bits per heavy atom. The summed E-state index contributed by atoms with van der Waals surface area (Å²) < 4.78 is 13.1. The van der Waals surface area contributed by atoms with E-state index in [1.165, 1.54) is 6.07 Å². The number of halogens is 1. The van der Waals surface area contributed by atoms with Gasteiger partial charge in [0.25, 0.3) is 0 Å². The Morgan fingerprint density at radius 1 is 1.42 bits per heavy atom. The lowest BCUT2D eigenvalue weighted by Gasteiger charge is -1.98. The van der Waals surface area contributed by atoms with Gasteiger partial charge in [0.05, 0.1) is 0 Å². The number of pyridine rings is 1. The number of nitrogens with zero attached hydrogens (tertiary/aromatic N) is 1. The Hall–Kier alpha value is -1.44. The molecule has 0 N–H and O–H groups in total. The first-order valence-electron chi connectivity index (χ1n) is 3.71. The normalized spacial score (nSPS) is 10.5. The average Bonchev–Trinajstić information content (AvgIpc) is 2.07. The van der Waals surface area contributed by atoms with Crippen molar-refractivity contribution in [3.8, 4) is 0 Å². The van der Waals surface area contributed by atoms with Crippen LogP contribution < -0.4 is 0 Å². The molecule has 0 aliphatic carbocycles. The third kappa shape index (κ3) is 1.05. The van der Waals surface area contributed by atoms with E-state index in [0.717, 1.165) is 5.39 Å². The average molecular weight is 160 g/mol. The Balaban J connectivity index is 2.88. The fourth-order valence-electron chi connectivity index (χ4n) is 1.15. The van der Waals surface area contributed by atoms with Crippen LogP contribution in [0.2, 0.25) is 0 Å². The SMILES string of the molecule is Cc1[c]cc2cccc(F)c2n1. The maximum Gasteiger partial charge on any atom is 0.149 e. The zero-order chi connectivity index (χ0) is 8.55.